The zero-order valence-corrected chi connectivity index (χ0v) is 14.6. The molecular formula is C18H16ClN3O4. The highest BCUT2D eigenvalue weighted by Gasteiger charge is 2.15. The zero-order valence-electron chi connectivity index (χ0n) is 13.7. The number of carbonyl (C=O) groups is 1. The average Bonchev–Trinajstić information content (AvgIpc) is 2.59. The minimum Gasteiger partial charge on any atom is -0.423 e. The number of hydrogen-bond donors (Lipinski definition) is 3. The number of hydroxylamine groups is 1. The third-order valence-corrected chi connectivity index (χ3v) is 3.66. The van der Waals surface area contributed by atoms with E-state index in [1.54, 1.807) is 30.3 Å². The lowest BCUT2D eigenvalue weighted by atomic mass is 9.98. The van der Waals surface area contributed by atoms with E-state index in [2.05, 4.69) is 0 Å². The summed E-state index contributed by atoms with van der Waals surface area (Å²) in [6.07, 6.45) is 0. The molecule has 0 aliphatic heterocycles. The van der Waals surface area contributed by atoms with E-state index in [0.717, 1.165) is 10.9 Å². The summed E-state index contributed by atoms with van der Waals surface area (Å²) in [7, 11) is 0. The van der Waals surface area contributed by atoms with Crippen molar-refractivity contribution in [3.8, 4) is 11.1 Å². The Morgan fingerprint density at radius 3 is 2.65 bits per heavy atom. The first-order valence-electron chi connectivity index (χ1n) is 7.41. The number of halogens is 1. The van der Waals surface area contributed by atoms with E-state index in [1.807, 2.05) is 24.5 Å². The maximum Gasteiger partial charge on any atom is 0.363 e. The molecular weight excluding hydrogens is 358 g/mol. The second-order valence-corrected chi connectivity index (χ2v) is 5.41. The molecule has 0 saturated heterocycles. The Labute approximate surface area is 154 Å². The molecule has 0 spiro atoms. The Hall–Kier alpha value is -3.32. The van der Waals surface area contributed by atoms with Crippen LogP contribution < -0.4 is 16.8 Å². The minimum absolute atomic E-state index is 0. The summed E-state index contributed by atoms with van der Waals surface area (Å²) in [5.41, 5.74) is 9.53. The second-order valence-electron chi connectivity index (χ2n) is 5.41. The molecule has 4 N–H and O–H groups in total. The molecule has 1 aromatic heterocycles. The zero-order chi connectivity index (χ0) is 18.0. The molecule has 0 bridgehead atoms. The fourth-order valence-electron chi connectivity index (χ4n) is 2.56. The largest absolute Gasteiger partial charge is 0.423 e. The molecule has 3 aromatic rings. The van der Waals surface area contributed by atoms with Gasteiger partial charge < -0.3 is 15.0 Å². The van der Waals surface area contributed by atoms with E-state index < -0.39 is 17.6 Å². The van der Waals surface area contributed by atoms with Crippen molar-refractivity contribution in [2.24, 2.45) is 5.73 Å². The van der Waals surface area contributed by atoms with Gasteiger partial charge in [-0.2, -0.15) is 5.48 Å². The number of carbonyl (C=O) groups excluding carboxylic acids is 1. The summed E-state index contributed by atoms with van der Waals surface area (Å²) >= 11 is 0. The summed E-state index contributed by atoms with van der Waals surface area (Å²) in [4.78, 5) is 28.6. The Morgan fingerprint density at radius 1 is 1.19 bits per heavy atom. The highest BCUT2D eigenvalue weighted by Crippen LogP contribution is 2.28. The van der Waals surface area contributed by atoms with Gasteiger partial charge in [0.25, 0.3) is 0 Å². The van der Waals surface area contributed by atoms with Crippen LogP contribution in [-0.4, -0.2) is 11.9 Å². The SMILES string of the molecule is Cc1cc(=O)oc2cc(-c3ccccc3C(=O)ONC(=N)N)ccc12.Cl. The predicted molar refractivity (Wildman–Crippen MR) is 100 cm³/mol. The topological polar surface area (TPSA) is 118 Å². The molecule has 0 amide bonds. The number of hydrogen-bond acceptors (Lipinski definition) is 5. The van der Waals surface area contributed by atoms with Crippen LogP contribution in [0.2, 0.25) is 0 Å². The first-order chi connectivity index (χ1) is 12.0. The first-order valence-corrected chi connectivity index (χ1v) is 7.41. The van der Waals surface area contributed by atoms with Crippen molar-refractivity contribution in [3.05, 3.63) is 70.1 Å². The van der Waals surface area contributed by atoms with E-state index in [1.165, 1.54) is 6.07 Å². The molecule has 134 valence electrons. The molecule has 0 unspecified atom stereocenters. The highest BCUT2D eigenvalue weighted by molar-refractivity contribution is 5.99. The number of fused-ring (bicyclic) bond motifs is 1. The quantitative estimate of drug-likeness (QED) is 0.275. The maximum atomic E-state index is 12.2. The van der Waals surface area contributed by atoms with Crippen LogP contribution in [-0.2, 0) is 4.84 Å². The van der Waals surface area contributed by atoms with Crippen LogP contribution in [0, 0.1) is 12.3 Å². The number of benzene rings is 2. The Balaban J connectivity index is 0.00000243. The van der Waals surface area contributed by atoms with Gasteiger partial charge in [-0.25, -0.2) is 9.59 Å². The average molecular weight is 374 g/mol. The van der Waals surface area contributed by atoms with Gasteiger partial charge in [-0.05, 0) is 35.7 Å². The molecule has 0 fully saturated rings. The number of nitrogens with two attached hydrogens (primary N) is 1. The van der Waals surface area contributed by atoms with Gasteiger partial charge in [0.1, 0.15) is 5.58 Å². The van der Waals surface area contributed by atoms with Gasteiger partial charge in [-0.1, -0.05) is 30.3 Å². The fraction of sp³-hybridized carbons (Fsp3) is 0.0556. The number of aryl methyl sites for hydroxylation is 1. The summed E-state index contributed by atoms with van der Waals surface area (Å²) in [6, 6.07) is 13.6. The normalized spacial score (nSPS) is 10.0. The summed E-state index contributed by atoms with van der Waals surface area (Å²) < 4.78 is 5.26. The van der Waals surface area contributed by atoms with Gasteiger partial charge in [0.15, 0.2) is 0 Å². The standard InChI is InChI=1S/C18H15N3O4.ClH/c1-10-8-16(22)24-15-9-11(6-7-12(10)15)13-4-2-3-5-14(13)17(23)25-21-18(19)20;/h2-9H,1H3,(H4,19,20,21);1H. The summed E-state index contributed by atoms with van der Waals surface area (Å²) in [5, 5.41) is 7.87. The van der Waals surface area contributed by atoms with Crippen LogP contribution in [0.3, 0.4) is 0 Å². The molecule has 0 saturated carbocycles. The van der Waals surface area contributed by atoms with Gasteiger partial charge in [0.2, 0.25) is 5.96 Å². The van der Waals surface area contributed by atoms with Crippen molar-refractivity contribution in [3.63, 3.8) is 0 Å². The van der Waals surface area contributed by atoms with Crippen LogP contribution in [0.4, 0.5) is 0 Å². The highest BCUT2D eigenvalue weighted by atomic mass is 35.5. The van der Waals surface area contributed by atoms with Crippen molar-refractivity contribution in [2.75, 3.05) is 0 Å². The van der Waals surface area contributed by atoms with Crippen molar-refractivity contribution >= 4 is 35.3 Å². The molecule has 1 heterocycles. The molecule has 0 atom stereocenters. The van der Waals surface area contributed by atoms with E-state index in [0.29, 0.717) is 16.7 Å². The number of guanidine groups is 1. The molecule has 3 rings (SSSR count). The monoisotopic (exact) mass is 373 g/mol. The van der Waals surface area contributed by atoms with E-state index in [-0.39, 0.29) is 18.0 Å². The van der Waals surface area contributed by atoms with Crippen molar-refractivity contribution < 1.29 is 14.0 Å². The van der Waals surface area contributed by atoms with Gasteiger partial charge in [-0.3, -0.25) is 5.41 Å². The molecule has 0 radical (unpaired) electrons. The molecule has 0 aliphatic rings. The van der Waals surface area contributed by atoms with Gasteiger partial charge >= 0.3 is 11.6 Å². The van der Waals surface area contributed by atoms with Crippen LogP contribution in [0.15, 0.2) is 57.7 Å². The van der Waals surface area contributed by atoms with Crippen molar-refractivity contribution in [1.82, 2.24) is 5.48 Å². The van der Waals surface area contributed by atoms with Crippen LogP contribution >= 0.6 is 12.4 Å². The Kier molecular flexibility index (Phi) is 5.64. The van der Waals surface area contributed by atoms with Gasteiger partial charge in [0.05, 0.1) is 5.56 Å². The van der Waals surface area contributed by atoms with Crippen molar-refractivity contribution in [2.45, 2.75) is 6.92 Å². The summed E-state index contributed by atoms with van der Waals surface area (Å²) in [5.74, 6) is -1.16. The third-order valence-electron chi connectivity index (χ3n) is 3.66. The lowest BCUT2D eigenvalue weighted by Gasteiger charge is -2.10. The summed E-state index contributed by atoms with van der Waals surface area (Å²) in [6.45, 7) is 1.83. The molecule has 2 aromatic carbocycles. The Bertz CT molecular complexity index is 1050. The van der Waals surface area contributed by atoms with Crippen molar-refractivity contribution in [1.29, 1.82) is 5.41 Å². The lowest BCUT2D eigenvalue weighted by Crippen LogP contribution is -2.32. The first kappa shape index (κ1) is 19.0. The van der Waals surface area contributed by atoms with E-state index >= 15 is 0 Å². The van der Waals surface area contributed by atoms with Gasteiger partial charge in [-0.15, -0.1) is 12.4 Å². The predicted octanol–water partition coefficient (Wildman–Crippen LogP) is 2.75. The third kappa shape index (κ3) is 3.84. The molecule has 26 heavy (non-hydrogen) atoms. The second kappa shape index (κ2) is 7.71. The molecule has 8 heteroatoms. The van der Waals surface area contributed by atoms with Crippen LogP contribution in [0.25, 0.3) is 22.1 Å². The maximum absolute atomic E-state index is 12.2. The van der Waals surface area contributed by atoms with E-state index in [9.17, 15) is 9.59 Å². The Morgan fingerprint density at radius 2 is 1.92 bits per heavy atom. The minimum atomic E-state index is -0.684. The lowest BCUT2D eigenvalue weighted by molar-refractivity contribution is 0.0383. The molecule has 0 aliphatic carbocycles. The smallest absolute Gasteiger partial charge is 0.363 e. The van der Waals surface area contributed by atoms with Crippen LogP contribution in [0.1, 0.15) is 15.9 Å². The van der Waals surface area contributed by atoms with E-state index in [4.69, 9.17) is 20.4 Å². The fourth-order valence-corrected chi connectivity index (χ4v) is 2.56. The number of rotatable bonds is 2. The van der Waals surface area contributed by atoms with Crippen LogP contribution in [0.5, 0.6) is 0 Å². The number of nitrogens with one attached hydrogen (secondary N) is 2. The molecule has 7 nitrogen and oxygen atoms in total. The van der Waals surface area contributed by atoms with Gasteiger partial charge in [0, 0.05) is 11.5 Å².